The van der Waals surface area contributed by atoms with Crippen LogP contribution in [0, 0.1) is 0 Å². The zero-order valence-corrected chi connectivity index (χ0v) is 68.5. The normalized spacial score (nSPS) is 15.0. The molecule has 0 unspecified atom stereocenters. The van der Waals surface area contributed by atoms with Crippen LogP contribution >= 0.6 is 0 Å². The minimum Gasteiger partial charge on any atom is -0.457 e. The second-order valence-electron chi connectivity index (χ2n) is 33.7. The zero-order valence-electron chi connectivity index (χ0n) is 84.5. The Morgan fingerprint density at radius 2 is 0.619 bits per heavy atom. The summed E-state index contributed by atoms with van der Waals surface area (Å²) in [5.41, 5.74) is 20.8. The summed E-state index contributed by atoms with van der Waals surface area (Å²) >= 11 is 0. The number of benzene rings is 19. The van der Waals surface area contributed by atoms with Crippen molar-refractivity contribution < 1.29 is 31.4 Å². The summed E-state index contributed by atoms with van der Waals surface area (Å²) in [4.78, 5) is 4.66. The van der Waals surface area contributed by atoms with Crippen molar-refractivity contribution in [1.29, 1.82) is 0 Å². The fraction of sp³-hybridized carbons (Fsp3) is 0.0420. The molecule has 19 aromatic carbocycles. The molecule has 126 heavy (non-hydrogen) atoms. The van der Waals surface area contributed by atoms with Crippen molar-refractivity contribution in [3.05, 3.63) is 464 Å². The summed E-state index contributed by atoms with van der Waals surface area (Å²) < 4.78 is 173. The Bertz CT molecular complexity index is 8860. The van der Waals surface area contributed by atoms with Gasteiger partial charge in [0.05, 0.1) is 60.8 Å². The van der Waals surface area contributed by atoms with Gasteiger partial charge in [-0.1, -0.05) is 348 Å². The van der Waals surface area contributed by atoms with E-state index < -0.39 is 114 Å². The zero-order chi connectivity index (χ0) is 97.4. The van der Waals surface area contributed by atoms with Crippen LogP contribution in [0.15, 0.2) is 436 Å². The van der Waals surface area contributed by atoms with Crippen molar-refractivity contribution in [3.8, 4) is 112 Å². The Hall–Kier alpha value is -16.0. The molecule has 0 saturated heterocycles. The van der Waals surface area contributed by atoms with Crippen LogP contribution in [-0.4, -0.2) is 15.8 Å². The van der Waals surface area contributed by atoms with Crippen LogP contribution in [0.4, 0.5) is 34.1 Å². The molecule has 0 radical (unpaired) electrons. The molecule has 4 aliphatic heterocycles. The number of hydrogen-bond acceptors (Lipinski definition) is 4. The highest BCUT2D eigenvalue weighted by Crippen LogP contribution is 2.63. The quantitative estimate of drug-likeness (QED) is 0.121. The molecular weight excluding hydrogens is 1530 g/mol. The highest BCUT2D eigenvalue weighted by atomic mass is 16.5. The maximum Gasteiger partial charge on any atom is 0.252 e. The highest BCUT2D eigenvalue weighted by molar-refractivity contribution is 7.00. The van der Waals surface area contributed by atoms with E-state index in [4.69, 9.17) is 9.47 Å². The molecule has 25 rings (SSSR count). The van der Waals surface area contributed by atoms with Crippen LogP contribution in [-0.2, 0) is 10.8 Å². The number of hydrogen-bond donors (Lipinski definition) is 0. The van der Waals surface area contributed by atoms with Gasteiger partial charge < -0.3 is 28.4 Å². The number of nitrogens with zero attached hydrogens (tertiary/aromatic N) is 4. The minimum absolute atomic E-state index is 0.0851. The SMILES string of the molecule is [2H]c1c([2H])c([2H])c2c(c1[2H])c1c([2H])c([2H])c([2H])c([2H])c1n2-c1ccc2c(c1)N(c1c(-c3ccccc3)cccc1-c1cccc(-c3ccccc3)c1)c1cc(-c3ccc4c(c3)Oc3ccccc3C43c4ccccc4Oc4ccccc43)cc3c1B2c1ccc(-n2c4c([2H])c([2H])c([2H])c([2H])c4c4c([2H])c([2H])c([2H])c([2H])c42)cc1N3c1c(-c2ccccc2)cc(C(C)(C)C)cc1-c1cccc(-c2ccccc2)c1. The van der Waals surface area contributed by atoms with Crippen LogP contribution in [0.3, 0.4) is 0 Å². The van der Waals surface area contributed by atoms with Gasteiger partial charge >= 0.3 is 0 Å². The summed E-state index contributed by atoms with van der Waals surface area (Å²) in [6, 6.07) is 108. The van der Waals surface area contributed by atoms with Gasteiger partial charge in [-0.3, -0.25) is 0 Å². The van der Waals surface area contributed by atoms with E-state index in [0.717, 1.165) is 100 Å². The fourth-order valence-electron chi connectivity index (χ4n) is 20.3. The molecule has 0 fully saturated rings. The van der Waals surface area contributed by atoms with Gasteiger partial charge in [-0.05, 0) is 192 Å². The Labute approximate surface area is 755 Å². The lowest BCUT2D eigenvalue weighted by atomic mass is 9.33. The maximum atomic E-state index is 10.1. The number of rotatable bonds is 11. The molecule has 0 aliphatic carbocycles. The third-order valence-electron chi connectivity index (χ3n) is 25.8. The predicted octanol–water partition coefficient (Wildman–Crippen LogP) is 29.5. The van der Waals surface area contributed by atoms with E-state index >= 15 is 0 Å². The maximum absolute atomic E-state index is 10.1. The smallest absolute Gasteiger partial charge is 0.252 e. The first kappa shape index (κ1) is 58.1. The Kier molecular flexibility index (Phi) is 13.2. The van der Waals surface area contributed by atoms with Crippen molar-refractivity contribution in [2.45, 2.75) is 31.6 Å². The van der Waals surface area contributed by atoms with Crippen molar-refractivity contribution in [1.82, 2.24) is 9.13 Å². The average molecular weight is 1630 g/mol. The molecule has 0 saturated carbocycles. The van der Waals surface area contributed by atoms with E-state index in [0.29, 0.717) is 79.2 Å². The minimum atomic E-state index is -1.02. The molecule has 6 heterocycles. The van der Waals surface area contributed by atoms with E-state index in [1.807, 2.05) is 164 Å². The van der Waals surface area contributed by atoms with Crippen LogP contribution in [0.25, 0.3) is 133 Å². The van der Waals surface area contributed by atoms with E-state index in [1.165, 1.54) is 0 Å². The van der Waals surface area contributed by atoms with Crippen LogP contribution in [0.2, 0.25) is 0 Å². The first-order valence-electron chi connectivity index (χ1n) is 50.4. The second kappa shape index (κ2) is 28.6. The number of aromatic nitrogens is 2. The molecule has 0 atom stereocenters. The Balaban J connectivity index is 0.892. The highest BCUT2D eigenvalue weighted by Gasteiger charge is 2.52. The summed E-state index contributed by atoms with van der Waals surface area (Å²) in [6.45, 7) is 5.73. The number of anilines is 6. The lowest BCUT2D eigenvalue weighted by Crippen LogP contribution is -2.61. The molecule has 592 valence electrons. The molecule has 4 aliphatic rings. The predicted molar refractivity (Wildman–Crippen MR) is 524 cm³/mol. The first-order chi connectivity index (χ1) is 68.8. The fourth-order valence-corrected chi connectivity index (χ4v) is 20.3. The van der Waals surface area contributed by atoms with Crippen LogP contribution < -0.4 is 35.7 Å². The molecule has 0 N–H and O–H groups in total. The third-order valence-corrected chi connectivity index (χ3v) is 25.8. The summed E-state index contributed by atoms with van der Waals surface area (Å²) in [6.07, 6.45) is 0. The van der Waals surface area contributed by atoms with Crippen molar-refractivity contribution >= 4 is 101 Å². The molecule has 21 aromatic rings. The van der Waals surface area contributed by atoms with E-state index in [2.05, 4.69) is 206 Å². The summed E-state index contributed by atoms with van der Waals surface area (Å²) in [7, 11) is 0. The number of ether oxygens (including phenoxy) is 2. The van der Waals surface area contributed by atoms with Crippen molar-refractivity contribution in [2.75, 3.05) is 9.80 Å². The van der Waals surface area contributed by atoms with E-state index in [-0.39, 0.29) is 55.0 Å². The van der Waals surface area contributed by atoms with Gasteiger partial charge in [0.15, 0.2) is 0 Å². The molecule has 7 heteroatoms. The van der Waals surface area contributed by atoms with Crippen molar-refractivity contribution in [3.63, 3.8) is 0 Å². The van der Waals surface area contributed by atoms with Gasteiger partial charge in [-0.25, -0.2) is 0 Å². The molecule has 0 bridgehead atoms. The summed E-state index contributed by atoms with van der Waals surface area (Å²) in [5, 5.41) is -0.411. The molecule has 0 amide bonds. The summed E-state index contributed by atoms with van der Waals surface area (Å²) in [5.74, 6) is 2.54. The standard InChI is InChI=1S/C119H81BN4O2/c1-118(2,3)86-72-95(79-39-14-7-15-40-79)117(96(73-86)84-44-31-42-81(68-84)77-35-10-5-11-36-77)124-108-75-88(122-105-56-25-18-47-93(105)94-48-19-26-57-106(94)122)63-66-102(108)120-101-65-62-87(121-103-54-23-16-45-91(103)92-46-17-24-55-104(92)121)74-107(101)123(116-89(78-37-12-6-13-38-78)49-32-50-90(116)83-43-30-41-80(67-83)76-33-8-4-9-34-76)109-69-85(70-110(124)115(109)120)82-61-64-100-114(71-82)126-113-60-29-22-53-99(113)119(100)97-51-20-27-58-111(97)125-112-59-28-21-52-98(112)119/h4-75H,1-3H3/i16D,17D,18D,19D,23D,24D,25D,26D,45D,46D,47D,48D,54D,55D,56D,57D. The Morgan fingerprint density at radius 1 is 0.270 bits per heavy atom. The molecular formula is C119H81BN4O2. The number of para-hydroxylation sites is 8. The largest absolute Gasteiger partial charge is 0.457 e. The Morgan fingerprint density at radius 3 is 1.08 bits per heavy atom. The van der Waals surface area contributed by atoms with Gasteiger partial charge in [0, 0.05) is 100 Å². The first-order valence-corrected chi connectivity index (χ1v) is 42.4. The lowest BCUT2D eigenvalue weighted by Gasteiger charge is -2.46. The van der Waals surface area contributed by atoms with Gasteiger partial charge in [-0.2, -0.15) is 0 Å². The second-order valence-corrected chi connectivity index (χ2v) is 33.7. The molecule has 1 spiro atoms. The third kappa shape index (κ3) is 11.2. The van der Waals surface area contributed by atoms with Gasteiger partial charge in [-0.15, -0.1) is 0 Å². The average Bonchev–Trinajstić information content (AvgIpc) is 1.01. The lowest BCUT2D eigenvalue weighted by molar-refractivity contribution is 0.399. The van der Waals surface area contributed by atoms with E-state index in [1.54, 1.807) is 9.13 Å². The van der Waals surface area contributed by atoms with Crippen molar-refractivity contribution in [2.24, 2.45) is 0 Å². The van der Waals surface area contributed by atoms with Crippen LogP contribution in [0.1, 0.15) is 70.5 Å². The van der Waals surface area contributed by atoms with Crippen LogP contribution in [0.5, 0.6) is 23.0 Å². The molecule has 6 nitrogen and oxygen atoms in total. The van der Waals surface area contributed by atoms with E-state index in [9.17, 15) is 21.9 Å². The van der Waals surface area contributed by atoms with Gasteiger partial charge in [0.2, 0.25) is 0 Å². The molecule has 2 aromatic heterocycles. The van der Waals surface area contributed by atoms with Gasteiger partial charge in [0.25, 0.3) is 6.71 Å². The monoisotopic (exact) mass is 1620 g/mol. The number of fused-ring (bicyclic) bond motifs is 18. The topological polar surface area (TPSA) is 34.8 Å². The van der Waals surface area contributed by atoms with Gasteiger partial charge in [0.1, 0.15) is 23.0 Å².